The highest BCUT2D eigenvalue weighted by Gasteiger charge is 2.33. The van der Waals surface area contributed by atoms with Gasteiger partial charge in [0.05, 0.1) is 5.57 Å². The van der Waals surface area contributed by atoms with Crippen LogP contribution in [-0.4, -0.2) is 22.9 Å². The smallest absolute Gasteiger partial charge is 0.259 e. The topological polar surface area (TPSA) is 49.4 Å². The molecule has 0 aliphatic carbocycles. The molecule has 1 atom stereocenters. The molecule has 24 heavy (non-hydrogen) atoms. The Hall–Kier alpha value is -2.88. The van der Waals surface area contributed by atoms with E-state index in [1.165, 1.54) is 0 Å². The van der Waals surface area contributed by atoms with E-state index in [2.05, 4.69) is 5.32 Å². The molecule has 0 aromatic heterocycles. The molecule has 0 spiro atoms. The highest BCUT2D eigenvalue weighted by atomic mass is 16.2. The van der Waals surface area contributed by atoms with Crippen LogP contribution in [0.15, 0.2) is 66.9 Å². The van der Waals surface area contributed by atoms with Crippen molar-refractivity contribution in [2.75, 3.05) is 0 Å². The molecule has 1 heterocycles. The van der Waals surface area contributed by atoms with Crippen LogP contribution in [0.4, 0.5) is 0 Å². The fraction of sp³-hybridized carbons (Fsp3) is 0.200. The van der Waals surface area contributed by atoms with Crippen LogP contribution in [0.5, 0.6) is 0 Å². The van der Waals surface area contributed by atoms with E-state index >= 15 is 0 Å². The van der Waals surface area contributed by atoms with Gasteiger partial charge >= 0.3 is 0 Å². The summed E-state index contributed by atoms with van der Waals surface area (Å²) in [7, 11) is 0. The van der Waals surface area contributed by atoms with Crippen LogP contribution in [0.25, 0.3) is 5.57 Å². The Morgan fingerprint density at radius 1 is 1.00 bits per heavy atom. The van der Waals surface area contributed by atoms with E-state index in [1.807, 2.05) is 62.4 Å². The molecule has 2 amide bonds. The van der Waals surface area contributed by atoms with Gasteiger partial charge in [-0.1, -0.05) is 62.4 Å². The largest absolute Gasteiger partial charge is 0.331 e. The second-order valence-corrected chi connectivity index (χ2v) is 6.15. The molecule has 0 unspecified atom stereocenters. The zero-order valence-corrected chi connectivity index (χ0v) is 13.8. The predicted molar refractivity (Wildman–Crippen MR) is 93.8 cm³/mol. The van der Waals surface area contributed by atoms with Gasteiger partial charge in [-0.15, -0.1) is 0 Å². The summed E-state index contributed by atoms with van der Waals surface area (Å²) in [4.78, 5) is 27.1. The third kappa shape index (κ3) is 3.08. The number of hydrogen-bond acceptors (Lipinski definition) is 2. The molecular weight excluding hydrogens is 300 g/mol. The van der Waals surface area contributed by atoms with Gasteiger partial charge in [-0.25, -0.2) is 0 Å². The highest BCUT2D eigenvalue weighted by molar-refractivity contribution is 6.21. The lowest BCUT2D eigenvalue weighted by Gasteiger charge is -2.36. The Kier molecular flexibility index (Phi) is 4.47. The third-order valence-electron chi connectivity index (χ3n) is 4.06. The lowest BCUT2D eigenvalue weighted by Crippen LogP contribution is -2.54. The molecule has 0 saturated carbocycles. The van der Waals surface area contributed by atoms with E-state index < -0.39 is 0 Å². The quantitative estimate of drug-likeness (QED) is 0.943. The fourth-order valence-electron chi connectivity index (χ4n) is 2.79. The number of carbonyl (C=O) groups is 2. The zero-order valence-electron chi connectivity index (χ0n) is 13.8. The standard InChI is InChI=1S/C20H20N2O2/c1-14(2)18-21-19(23)17(15-9-5-3-6-10-15)13-22(18)20(24)16-11-7-4-8-12-16/h3-14,18H,1-2H3,(H,21,23)/t18-/m1/s1. The molecule has 0 fully saturated rings. The van der Waals surface area contributed by atoms with Crippen molar-refractivity contribution >= 4 is 17.4 Å². The van der Waals surface area contributed by atoms with Gasteiger partial charge in [0.1, 0.15) is 6.17 Å². The molecule has 1 aliphatic heterocycles. The summed E-state index contributed by atoms with van der Waals surface area (Å²) in [6.07, 6.45) is 1.31. The van der Waals surface area contributed by atoms with Crippen LogP contribution < -0.4 is 5.32 Å². The Labute approximate surface area is 141 Å². The Morgan fingerprint density at radius 2 is 1.58 bits per heavy atom. The molecule has 3 rings (SSSR count). The predicted octanol–water partition coefficient (Wildman–Crippen LogP) is 3.28. The molecule has 1 N–H and O–H groups in total. The second kappa shape index (κ2) is 6.71. The van der Waals surface area contributed by atoms with Crippen LogP contribution in [0.2, 0.25) is 0 Å². The minimum absolute atomic E-state index is 0.0928. The van der Waals surface area contributed by atoms with Crippen molar-refractivity contribution in [2.24, 2.45) is 5.92 Å². The monoisotopic (exact) mass is 320 g/mol. The molecule has 0 bridgehead atoms. The van der Waals surface area contributed by atoms with E-state index in [-0.39, 0.29) is 23.9 Å². The molecule has 4 heteroatoms. The molecule has 0 radical (unpaired) electrons. The lowest BCUT2D eigenvalue weighted by atomic mass is 10.0. The van der Waals surface area contributed by atoms with Crippen LogP contribution in [-0.2, 0) is 4.79 Å². The number of carbonyl (C=O) groups excluding carboxylic acids is 2. The minimum Gasteiger partial charge on any atom is -0.331 e. The fourth-order valence-corrected chi connectivity index (χ4v) is 2.79. The van der Waals surface area contributed by atoms with Crippen molar-refractivity contribution in [2.45, 2.75) is 20.0 Å². The normalized spacial score (nSPS) is 17.5. The molecule has 4 nitrogen and oxygen atoms in total. The Bertz CT molecular complexity index is 767. The number of benzene rings is 2. The van der Waals surface area contributed by atoms with Crippen molar-refractivity contribution < 1.29 is 9.59 Å². The second-order valence-electron chi connectivity index (χ2n) is 6.15. The average Bonchev–Trinajstić information content (AvgIpc) is 2.62. The summed E-state index contributed by atoms with van der Waals surface area (Å²) in [5.41, 5.74) is 1.89. The van der Waals surface area contributed by atoms with Crippen LogP contribution in [0.1, 0.15) is 29.8 Å². The van der Waals surface area contributed by atoms with Crippen molar-refractivity contribution in [3.05, 3.63) is 78.0 Å². The number of nitrogens with zero attached hydrogens (tertiary/aromatic N) is 1. The summed E-state index contributed by atoms with van der Waals surface area (Å²) in [5, 5.41) is 2.96. The van der Waals surface area contributed by atoms with Crippen LogP contribution >= 0.6 is 0 Å². The van der Waals surface area contributed by atoms with Crippen LogP contribution in [0.3, 0.4) is 0 Å². The van der Waals surface area contributed by atoms with Crippen molar-refractivity contribution in [1.82, 2.24) is 10.2 Å². The summed E-state index contributed by atoms with van der Waals surface area (Å²) in [5.74, 6) is -0.185. The van der Waals surface area contributed by atoms with Gasteiger partial charge in [0.15, 0.2) is 0 Å². The van der Waals surface area contributed by atoms with Gasteiger partial charge in [0, 0.05) is 11.8 Å². The summed E-state index contributed by atoms with van der Waals surface area (Å²) >= 11 is 0. The Morgan fingerprint density at radius 3 is 2.17 bits per heavy atom. The molecule has 2 aromatic rings. The van der Waals surface area contributed by atoms with Gasteiger partial charge in [0.25, 0.3) is 11.8 Å². The van der Waals surface area contributed by atoms with E-state index in [0.717, 1.165) is 5.56 Å². The SMILES string of the molecule is CC(C)[C@@H]1NC(=O)C(c2ccccc2)=CN1C(=O)c1ccccc1. The number of hydrogen-bond donors (Lipinski definition) is 1. The van der Waals surface area contributed by atoms with Crippen molar-refractivity contribution in [1.29, 1.82) is 0 Å². The average molecular weight is 320 g/mol. The van der Waals surface area contributed by atoms with Crippen LogP contribution in [0, 0.1) is 5.92 Å². The van der Waals surface area contributed by atoms with E-state index in [4.69, 9.17) is 0 Å². The van der Waals surface area contributed by atoms with Gasteiger partial charge in [-0.2, -0.15) is 0 Å². The number of amides is 2. The molecule has 1 aliphatic rings. The van der Waals surface area contributed by atoms with Gasteiger partial charge < -0.3 is 5.32 Å². The first-order chi connectivity index (χ1) is 11.6. The highest BCUT2D eigenvalue weighted by Crippen LogP contribution is 2.24. The molecule has 0 saturated heterocycles. The first kappa shape index (κ1) is 16.0. The maximum Gasteiger partial charge on any atom is 0.259 e. The van der Waals surface area contributed by atoms with E-state index in [1.54, 1.807) is 23.2 Å². The molecule has 2 aromatic carbocycles. The first-order valence-corrected chi connectivity index (χ1v) is 8.04. The van der Waals surface area contributed by atoms with Gasteiger partial charge in [-0.3, -0.25) is 14.5 Å². The van der Waals surface area contributed by atoms with E-state index in [9.17, 15) is 9.59 Å². The maximum absolute atomic E-state index is 12.9. The van der Waals surface area contributed by atoms with Crippen molar-refractivity contribution in [3.8, 4) is 0 Å². The van der Waals surface area contributed by atoms with Gasteiger partial charge in [0.2, 0.25) is 0 Å². The number of nitrogens with one attached hydrogen (secondary N) is 1. The van der Waals surface area contributed by atoms with E-state index in [0.29, 0.717) is 11.1 Å². The maximum atomic E-state index is 12.9. The number of rotatable bonds is 3. The molecule has 122 valence electrons. The molecular formula is C20H20N2O2. The summed E-state index contributed by atoms with van der Waals surface area (Å²) < 4.78 is 0. The third-order valence-corrected chi connectivity index (χ3v) is 4.06. The van der Waals surface area contributed by atoms with Gasteiger partial charge in [-0.05, 0) is 23.6 Å². The summed E-state index contributed by atoms with van der Waals surface area (Å²) in [6.45, 7) is 3.97. The van der Waals surface area contributed by atoms with Crippen molar-refractivity contribution in [3.63, 3.8) is 0 Å². The zero-order chi connectivity index (χ0) is 17.1. The Balaban J connectivity index is 2.03. The lowest BCUT2D eigenvalue weighted by molar-refractivity contribution is -0.118. The minimum atomic E-state index is -0.363. The first-order valence-electron chi connectivity index (χ1n) is 8.04. The summed E-state index contributed by atoms with van der Waals surface area (Å²) in [6, 6.07) is 18.5.